The summed E-state index contributed by atoms with van der Waals surface area (Å²) in [5.74, 6) is -0.0356. The largest absolute Gasteiger partial charge is 0.342 e. The highest BCUT2D eigenvalue weighted by atomic mass is 16.2. The highest BCUT2D eigenvalue weighted by Crippen LogP contribution is 2.00. The fraction of sp³-hybridized carbons (Fsp3) is 0.188. The smallest absolute Gasteiger partial charge is 0.246 e. The number of rotatable bonds is 5. The van der Waals surface area contributed by atoms with E-state index < -0.39 is 0 Å². The van der Waals surface area contributed by atoms with Crippen LogP contribution < -0.4 is 0 Å². The molecule has 0 aliphatic heterocycles. The normalized spacial score (nSPS) is 10.7. The van der Waals surface area contributed by atoms with Gasteiger partial charge in [-0.15, -0.1) is 0 Å². The van der Waals surface area contributed by atoms with Crippen molar-refractivity contribution in [1.29, 1.82) is 0 Å². The zero-order valence-electron chi connectivity index (χ0n) is 11.4. The molecule has 2 rings (SSSR count). The van der Waals surface area contributed by atoms with Gasteiger partial charge in [0.05, 0.1) is 5.69 Å². The second kappa shape index (κ2) is 7.19. The first-order valence-electron chi connectivity index (χ1n) is 6.50. The van der Waals surface area contributed by atoms with E-state index >= 15 is 0 Å². The second-order valence-electron chi connectivity index (χ2n) is 4.42. The minimum atomic E-state index is -0.0356. The quantitative estimate of drug-likeness (QED) is 0.780. The fourth-order valence-corrected chi connectivity index (χ4v) is 1.70. The molecule has 102 valence electrons. The third-order valence-electron chi connectivity index (χ3n) is 2.89. The Hall–Kier alpha value is -2.49. The lowest BCUT2D eigenvalue weighted by atomic mass is 10.2. The number of amides is 1. The van der Waals surface area contributed by atoms with Gasteiger partial charge in [-0.05, 0) is 30.3 Å². The van der Waals surface area contributed by atoms with E-state index in [2.05, 4.69) is 9.97 Å². The maximum atomic E-state index is 11.9. The van der Waals surface area contributed by atoms with Crippen molar-refractivity contribution in [2.75, 3.05) is 13.6 Å². The molecule has 0 spiro atoms. The highest BCUT2D eigenvalue weighted by Gasteiger charge is 2.05. The van der Waals surface area contributed by atoms with Crippen LogP contribution in [-0.4, -0.2) is 34.4 Å². The van der Waals surface area contributed by atoms with Gasteiger partial charge in [-0.25, -0.2) is 0 Å². The van der Waals surface area contributed by atoms with Crippen LogP contribution in [0.25, 0.3) is 6.08 Å². The number of carbonyl (C=O) groups excluding carboxylic acids is 1. The lowest BCUT2D eigenvalue weighted by molar-refractivity contribution is -0.124. The summed E-state index contributed by atoms with van der Waals surface area (Å²) in [6.45, 7) is 0.641. The summed E-state index contributed by atoms with van der Waals surface area (Å²) in [6.07, 6.45) is 7.48. The Morgan fingerprint density at radius 3 is 2.55 bits per heavy atom. The van der Waals surface area contributed by atoms with E-state index in [0.717, 1.165) is 17.8 Å². The molecule has 0 aliphatic carbocycles. The van der Waals surface area contributed by atoms with Gasteiger partial charge in [-0.1, -0.05) is 12.1 Å². The van der Waals surface area contributed by atoms with Gasteiger partial charge in [0, 0.05) is 44.2 Å². The number of nitrogens with zero attached hydrogens (tertiary/aromatic N) is 3. The predicted molar refractivity (Wildman–Crippen MR) is 78.8 cm³/mol. The van der Waals surface area contributed by atoms with Crippen LogP contribution in [-0.2, 0) is 11.2 Å². The van der Waals surface area contributed by atoms with Crippen LogP contribution in [0.2, 0.25) is 0 Å². The molecular formula is C16H17N3O. The minimum Gasteiger partial charge on any atom is -0.342 e. The molecule has 20 heavy (non-hydrogen) atoms. The Morgan fingerprint density at radius 1 is 1.15 bits per heavy atom. The number of hydrogen-bond donors (Lipinski definition) is 0. The van der Waals surface area contributed by atoms with E-state index in [-0.39, 0.29) is 5.91 Å². The molecule has 4 heteroatoms. The number of pyridine rings is 2. The summed E-state index contributed by atoms with van der Waals surface area (Å²) in [4.78, 5) is 22.0. The third-order valence-corrected chi connectivity index (χ3v) is 2.89. The molecule has 0 saturated carbocycles. The molecule has 2 aromatic heterocycles. The van der Waals surface area contributed by atoms with Crippen molar-refractivity contribution in [3.63, 3.8) is 0 Å². The van der Waals surface area contributed by atoms with E-state index in [0.29, 0.717) is 6.54 Å². The summed E-state index contributed by atoms with van der Waals surface area (Å²) in [7, 11) is 1.79. The van der Waals surface area contributed by atoms with Crippen molar-refractivity contribution in [3.8, 4) is 0 Å². The lowest BCUT2D eigenvalue weighted by Crippen LogP contribution is -2.27. The molecule has 1 amide bonds. The van der Waals surface area contributed by atoms with E-state index in [9.17, 15) is 4.79 Å². The Morgan fingerprint density at radius 2 is 1.90 bits per heavy atom. The Balaban J connectivity index is 1.85. The average molecular weight is 267 g/mol. The molecule has 0 radical (unpaired) electrons. The fourth-order valence-electron chi connectivity index (χ4n) is 1.70. The van der Waals surface area contributed by atoms with Crippen LogP contribution in [0.15, 0.2) is 54.9 Å². The van der Waals surface area contributed by atoms with E-state index in [1.54, 1.807) is 36.5 Å². The minimum absolute atomic E-state index is 0.0356. The van der Waals surface area contributed by atoms with Gasteiger partial charge in [0.25, 0.3) is 0 Å². The van der Waals surface area contributed by atoms with Crippen LogP contribution in [0, 0.1) is 0 Å². The van der Waals surface area contributed by atoms with Gasteiger partial charge < -0.3 is 4.90 Å². The number of aromatic nitrogens is 2. The standard InChI is InChI=1S/C16H17N3O/c1-19(13-10-15-7-3-5-12-18-15)16(20)9-8-14-6-2-4-11-17-14/h2-9,11-12H,10,13H2,1H3/b9-8+. The summed E-state index contributed by atoms with van der Waals surface area (Å²) in [5, 5.41) is 0. The van der Waals surface area contributed by atoms with Crippen molar-refractivity contribution in [3.05, 3.63) is 66.3 Å². The summed E-state index contributed by atoms with van der Waals surface area (Å²) >= 11 is 0. The average Bonchev–Trinajstić information content (AvgIpc) is 2.52. The number of carbonyl (C=O) groups is 1. The first-order valence-corrected chi connectivity index (χ1v) is 6.50. The van der Waals surface area contributed by atoms with Crippen LogP contribution >= 0.6 is 0 Å². The van der Waals surface area contributed by atoms with E-state index in [4.69, 9.17) is 0 Å². The van der Waals surface area contributed by atoms with Crippen molar-refractivity contribution in [2.24, 2.45) is 0 Å². The zero-order chi connectivity index (χ0) is 14.2. The first kappa shape index (κ1) is 13.9. The van der Waals surface area contributed by atoms with Crippen LogP contribution in [0.4, 0.5) is 0 Å². The van der Waals surface area contributed by atoms with Gasteiger partial charge in [0.15, 0.2) is 0 Å². The molecule has 0 aromatic carbocycles. The van der Waals surface area contributed by atoms with Crippen molar-refractivity contribution in [1.82, 2.24) is 14.9 Å². The molecule has 0 saturated heterocycles. The molecular weight excluding hydrogens is 250 g/mol. The SMILES string of the molecule is CN(CCc1ccccn1)C(=O)/C=C/c1ccccn1. The van der Waals surface area contributed by atoms with Crippen LogP contribution in [0.1, 0.15) is 11.4 Å². The Bertz CT molecular complexity index is 567. The highest BCUT2D eigenvalue weighted by molar-refractivity contribution is 5.91. The number of hydrogen-bond acceptors (Lipinski definition) is 3. The molecule has 2 aromatic rings. The van der Waals surface area contributed by atoms with E-state index in [1.807, 2.05) is 36.4 Å². The summed E-state index contributed by atoms with van der Waals surface area (Å²) in [6, 6.07) is 11.4. The topological polar surface area (TPSA) is 46.1 Å². The third kappa shape index (κ3) is 4.31. The maximum Gasteiger partial charge on any atom is 0.246 e. The van der Waals surface area contributed by atoms with Crippen LogP contribution in [0.3, 0.4) is 0 Å². The number of likely N-dealkylation sites (N-methyl/N-ethyl adjacent to an activating group) is 1. The van der Waals surface area contributed by atoms with Crippen molar-refractivity contribution >= 4 is 12.0 Å². The van der Waals surface area contributed by atoms with Crippen molar-refractivity contribution < 1.29 is 4.79 Å². The molecule has 0 atom stereocenters. The Kier molecular flexibility index (Phi) is 5.00. The molecule has 0 fully saturated rings. The zero-order valence-corrected chi connectivity index (χ0v) is 11.4. The van der Waals surface area contributed by atoms with Crippen molar-refractivity contribution in [2.45, 2.75) is 6.42 Å². The summed E-state index contributed by atoms with van der Waals surface area (Å²) < 4.78 is 0. The molecule has 0 N–H and O–H groups in total. The monoisotopic (exact) mass is 267 g/mol. The van der Waals surface area contributed by atoms with Gasteiger partial charge in [0.2, 0.25) is 5.91 Å². The predicted octanol–water partition coefficient (Wildman–Crippen LogP) is 2.19. The molecule has 0 unspecified atom stereocenters. The van der Waals surface area contributed by atoms with Crippen LogP contribution in [0.5, 0.6) is 0 Å². The van der Waals surface area contributed by atoms with E-state index in [1.165, 1.54) is 0 Å². The maximum absolute atomic E-state index is 11.9. The van der Waals surface area contributed by atoms with Gasteiger partial charge >= 0.3 is 0 Å². The second-order valence-corrected chi connectivity index (χ2v) is 4.42. The molecule has 2 heterocycles. The molecule has 0 bridgehead atoms. The van der Waals surface area contributed by atoms with Gasteiger partial charge in [0.1, 0.15) is 0 Å². The van der Waals surface area contributed by atoms with Gasteiger partial charge in [-0.3, -0.25) is 14.8 Å². The molecule has 0 aliphatic rings. The Labute approximate surface area is 118 Å². The summed E-state index contributed by atoms with van der Waals surface area (Å²) in [5.41, 5.74) is 1.76. The first-order chi connectivity index (χ1) is 9.75. The molecule has 4 nitrogen and oxygen atoms in total. The lowest BCUT2D eigenvalue weighted by Gasteiger charge is -2.14. The van der Waals surface area contributed by atoms with Gasteiger partial charge in [-0.2, -0.15) is 0 Å².